The Hall–Kier alpha value is -2.55. The summed E-state index contributed by atoms with van der Waals surface area (Å²) in [6.45, 7) is 0. The minimum atomic E-state index is -0.303. The maximum atomic E-state index is 12.1. The second-order valence-electron chi connectivity index (χ2n) is 3.95. The minimum absolute atomic E-state index is 0.303. The number of rotatable bonds is 1. The molecule has 1 aromatic heterocycles. The zero-order valence-corrected chi connectivity index (χ0v) is 9.58. The highest BCUT2D eigenvalue weighted by Gasteiger charge is 2.04. The number of para-hydroxylation sites is 1. The van der Waals surface area contributed by atoms with Gasteiger partial charge < -0.3 is 0 Å². The van der Waals surface area contributed by atoms with Crippen LogP contribution in [-0.4, -0.2) is 9.97 Å². The fourth-order valence-corrected chi connectivity index (χ4v) is 1.84. The molecule has 3 nitrogen and oxygen atoms in total. The number of fused-ring (bicyclic) bond motifs is 1. The van der Waals surface area contributed by atoms with Gasteiger partial charge in [-0.15, -0.1) is 0 Å². The molecule has 3 rings (SSSR count). The van der Waals surface area contributed by atoms with E-state index < -0.39 is 0 Å². The average molecular weight is 234 g/mol. The molecule has 0 N–H and O–H groups in total. The second kappa shape index (κ2) is 4.37. The Morgan fingerprint density at radius 2 is 1.56 bits per heavy atom. The molecule has 0 radical (unpaired) electrons. The van der Waals surface area contributed by atoms with Crippen LogP contribution in [0, 0.1) is 0 Å². The SMILES string of the molecule is O=c1nc2ccccc2cnc1-c1ccccc1. The van der Waals surface area contributed by atoms with Crippen LogP contribution in [0.4, 0.5) is 0 Å². The lowest BCUT2D eigenvalue weighted by molar-refractivity contribution is 1.26. The first kappa shape index (κ1) is 10.6. The van der Waals surface area contributed by atoms with Gasteiger partial charge in [-0.05, 0) is 6.07 Å². The van der Waals surface area contributed by atoms with Crippen molar-refractivity contribution in [3.05, 3.63) is 71.1 Å². The van der Waals surface area contributed by atoms with Crippen LogP contribution in [0.3, 0.4) is 0 Å². The number of hydrogen-bond donors (Lipinski definition) is 0. The molecule has 0 aliphatic rings. The molecule has 0 atom stereocenters. The molecule has 0 aliphatic carbocycles. The highest BCUT2D eigenvalue weighted by molar-refractivity contribution is 5.77. The quantitative estimate of drug-likeness (QED) is 0.650. The third-order valence-electron chi connectivity index (χ3n) is 2.74. The van der Waals surface area contributed by atoms with E-state index in [9.17, 15) is 4.79 Å². The molecule has 18 heavy (non-hydrogen) atoms. The Morgan fingerprint density at radius 3 is 2.39 bits per heavy atom. The fraction of sp³-hybridized carbons (Fsp3) is 0. The first-order valence-electron chi connectivity index (χ1n) is 5.66. The van der Waals surface area contributed by atoms with E-state index in [1.54, 1.807) is 6.20 Å². The minimum Gasteiger partial charge on any atom is -0.265 e. The number of benzene rings is 2. The van der Waals surface area contributed by atoms with Gasteiger partial charge in [0.2, 0.25) is 0 Å². The van der Waals surface area contributed by atoms with Crippen LogP contribution in [0.1, 0.15) is 0 Å². The fourth-order valence-electron chi connectivity index (χ4n) is 1.84. The van der Waals surface area contributed by atoms with Gasteiger partial charge in [-0.2, -0.15) is 0 Å². The van der Waals surface area contributed by atoms with E-state index in [0.29, 0.717) is 11.2 Å². The van der Waals surface area contributed by atoms with Crippen LogP contribution in [0.25, 0.3) is 22.2 Å². The molecule has 86 valence electrons. The predicted molar refractivity (Wildman–Crippen MR) is 71.2 cm³/mol. The van der Waals surface area contributed by atoms with Crippen LogP contribution < -0.4 is 5.56 Å². The molecule has 0 fully saturated rings. The molecule has 3 aromatic rings. The molecule has 3 heteroatoms. The van der Waals surface area contributed by atoms with Crippen molar-refractivity contribution in [2.45, 2.75) is 0 Å². The van der Waals surface area contributed by atoms with Gasteiger partial charge >= 0.3 is 0 Å². The zero-order chi connectivity index (χ0) is 12.4. The number of hydrogen-bond acceptors (Lipinski definition) is 3. The van der Waals surface area contributed by atoms with E-state index in [1.807, 2.05) is 54.6 Å². The lowest BCUT2D eigenvalue weighted by Crippen LogP contribution is -2.06. The van der Waals surface area contributed by atoms with Crippen LogP contribution in [0.2, 0.25) is 0 Å². The summed E-state index contributed by atoms with van der Waals surface area (Å²) < 4.78 is 0. The van der Waals surface area contributed by atoms with Gasteiger partial charge in [0.15, 0.2) is 0 Å². The predicted octanol–water partition coefficient (Wildman–Crippen LogP) is 2.66. The largest absolute Gasteiger partial charge is 0.296 e. The summed E-state index contributed by atoms with van der Waals surface area (Å²) in [4.78, 5) is 20.4. The summed E-state index contributed by atoms with van der Waals surface area (Å²) in [6.07, 6.45) is 1.69. The van der Waals surface area contributed by atoms with Gasteiger partial charge in [-0.3, -0.25) is 4.79 Å². The van der Waals surface area contributed by atoms with Crippen LogP contribution in [-0.2, 0) is 0 Å². The molecule has 1 heterocycles. The molecular weight excluding hydrogens is 224 g/mol. The summed E-state index contributed by atoms with van der Waals surface area (Å²) >= 11 is 0. The summed E-state index contributed by atoms with van der Waals surface area (Å²) in [5.74, 6) is 0. The summed E-state index contributed by atoms with van der Waals surface area (Å²) in [6, 6.07) is 16.8. The maximum absolute atomic E-state index is 12.1. The van der Waals surface area contributed by atoms with Crippen LogP contribution >= 0.6 is 0 Å². The topological polar surface area (TPSA) is 42.9 Å². The lowest BCUT2D eigenvalue weighted by atomic mass is 10.2. The van der Waals surface area contributed by atoms with Gasteiger partial charge in [0.25, 0.3) is 5.56 Å². The van der Waals surface area contributed by atoms with Crippen LogP contribution in [0.5, 0.6) is 0 Å². The molecule has 2 aromatic carbocycles. The first-order valence-corrected chi connectivity index (χ1v) is 5.66. The Balaban J connectivity index is 2.33. The molecule has 0 spiro atoms. The van der Waals surface area contributed by atoms with Gasteiger partial charge in [-0.25, -0.2) is 9.97 Å². The Morgan fingerprint density at radius 1 is 0.833 bits per heavy atom. The monoisotopic (exact) mass is 234 g/mol. The van der Waals surface area contributed by atoms with E-state index in [4.69, 9.17) is 0 Å². The van der Waals surface area contributed by atoms with Crippen molar-refractivity contribution in [1.29, 1.82) is 0 Å². The van der Waals surface area contributed by atoms with Crippen molar-refractivity contribution in [2.24, 2.45) is 0 Å². The molecule has 0 amide bonds. The average Bonchev–Trinajstić information content (AvgIpc) is 2.58. The van der Waals surface area contributed by atoms with Crippen molar-refractivity contribution < 1.29 is 0 Å². The summed E-state index contributed by atoms with van der Waals surface area (Å²) in [5, 5.41) is 0.858. The highest BCUT2D eigenvalue weighted by atomic mass is 16.1. The van der Waals surface area contributed by atoms with Crippen molar-refractivity contribution in [1.82, 2.24) is 9.97 Å². The normalized spacial score (nSPS) is 10.4. The summed E-state index contributed by atoms with van der Waals surface area (Å²) in [7, 11) is 0. The number of nitrogens with zero attached hydrogens (tertiary/aromatic N) is 2. The van der Waals surface area contributed by atoms with E-state index in [2.05, 4.69) is 9.97 Å². The first-order chi connectivity index (χ1) is 8.84. The van der Waals surface area contributed by atoms with Crippen molar-refractivity contribution in [3.63, 3.8) is 0 Å². The molecule has 0 aliphatic heterocycles. The van der Waals surface area contributed by atoms with E-state index in [1.165, 1.54) is 0 Å². The third kappa shape index (κ3) is 1.86. The maximum Gasteiger partial charge on any atom is 0.296 e. The number of aromatic nitrogens is 2. The van der Waals surface area contributed by atoms with Crippen molar-refractivity contribution in [2.75, 3.05) is 0 Å². The lowest BCUT2D eigenvalue weighted by Gasteiger charge is -1.93. The van der Waals surface area contributed by atoms with Gasteiger partial charge in [0.05, 0.1) is 5.52 Å². The molecule has 0 saturated heterocycles. The molecular formula is C15H10N2O. The zero-order valence-electron chi connectivity index (χ0n) is 9.58. The van der Waals surface area contributed by atoms with E-state index in [-0.39, 0.29) is 5.56 Å². The highest BCUT2D eigenvalue weighted by Crippen LogP contribution is 2.13. The van der Waals surface area contributed by atoms with Gasteiger partial charge in [0.1, 0.15) is 5.69 Å². The van der Waals surface area contributed by atoms with Crippen molar-refractivity contribution in [3.8, 4) is 11.3 Å². The molecule has 0 bridgehead atoms. The summed E-state index contributed by atoms with van der Waals surface area (Å²) in [5.41, 5.74) is 1.53. The van der Waals surface area contributed by atoms with Gasteiger partial charge in [0, 0.05) is 17.1 Å². The Kier molecular flexibility index (Phi) is 2.57. The van der Waals surface area contributed by atoms with Gasteiger partial charge in [-0.1, -0.05) is 48.5 Å². The second-order valence-corrected chi connectivity index (χ2v) is 3.95. The third-order valence-corrected chi connectivity index (χ3v) is 2.74. The standard InChI is InChI=1S/C15H10N2O/c18-15-14(11-6-2-1-3-7-11)16-10-12-8-4-5-9-13(12)17-15/h1-10H. The van der Waals surface area contributed by atoms with Crippen LogP contribution in [0.15, 0.2) is 65.6 Å². The Bertz CT molecular complexity index is 754. The molecule has 0 saturated carbocycles. The van der Waals surface area contributed by atoms with Crippen molar-refractivity contribution >= 4 is 10.9 Å². The smallest absolute Gasteiger partial charge is 0.265 e. The Labute approximate surface area is 104 Å². The molecule has 0 unspecified atom stereocenters. The van der Waals surface area contributed by atoms with E-state index in [0.717, 1.165) is 10.9 Å². The van der Waals surface area contributed by atoms with E-state index >= 15 is 0 Å².